The number of hydrogen-bond donors (Lipinski definition) is 3. The molecule has 3 N–H and O–H groups in total. The van der Waals surface area contributed by atoms with Crippen molar-refractivity contribution in [3.63, 3.8) is 0 Å². The van der Waals surface area contributed by atoms with Crippen LogP contribution in [0.15, 0.2) is 0 Å². The third-order valence-electron chi connectivity index (χ3n) is 5.44. The maximum Gasteiger partial charge on any atom is 0.346 e. The van der Waals surface area contributed by atoms with Gasteiger partial charge >= 0.3 is 11.9 Å². The number of thiol groups is 1. The van der Waals surface area contributed by atoms with Gasteiger partial charge in [0, 0.05) is 11.3 Å². The molecule has 0 radical (unpaired) electrons. The number of alkyl halides is 1. The molecule has 0 aromatic heterocycles. The Hall–Kier alpha value is -0.460. The number of nitrogens with two attached hydrogens (primary N) is 1. The van der Waals surface area contributed by atoms with Crippen molar-refractivity contribution in [2.24, 2.45) is 29.4 Å². The first-order valence-corrected chi connectivity index (χ1v) is 9.82. The zero-order valence-corrected chi connectivity index (χ0v) is 15.8. The van der Waals surface area contributed by atoms with E-state index in [1.165, 1.54) is 38.5 Å². The molecule has 0 heterocycles. The summed E-state index contributed by atoms with van der Waals surface area (Å²) in [5, 5.41) is 8.50. The molecule has 4 bridgehead atoms. The van der Waals surface area contributed by atoms with Gasteiger partial charge in [0.15, 0.2) is 0 Å². The lowest BCUT2D eigenvalue weighted by atomic mass is 9.53. The van der Waals surface area contributed by atoms with Crippen LogP contribution in [0.2, 0.25) is 0 Å². The fourth-order valence-electron chi connectivity index (χ4n) is 4.66. The van der Waals surface area contributed by atoms with E-state index in [1.54, 1.807) is 6.92 Å². The van der Waals surface area contributed by atoms with Crippen LogP contribution < -0.4 is 5.73 Å². The molecular formula is C17H28ClNO4S. The molecule has 5 nitrogen and oxygen atoms in total. The molecule has 0 aromatic rings. The number of hydrogen-bond acceptors (Lipinski definition) is 5. The summed E-state index contributed by atoms with van der Waals surface area (Å²) in [5.41, 5.74) is 6.62. The number of aliphatic carboxylic acids is 1. The van der Waals surface area contributed by atoms with Gasteiger partial charge in [-0.3, -0.25) is 4.79 Å². The van der Waals surface area contributed by atoms with E-state index < -0.39 is 24.0 Å². The Labute approximate surface area is 154 Å². The highest BCUT2D eigenvalue weighted by atomic mass is 35.5. The molecule has 4 fully saturated rings. The Kier molecular flexibility index (Phi) is 6.85. The lowest BCUT2D eigenvalue weighted by Gasteiger charge is -2.55. The van der Waals surface area contributed by atoms with Gasteiger partial charge in [0.05, 0.1) is 11.8 Å². The molecule has 0 aromatic carbocycles. The van der Waals surface area contributed by atoms with Crippen molar-refractivity contribution in [3.05, 3.63) is 0 Å². The summed E-state index contributed by atoms with van der Waals surface area (Å²) in [6.45, 7) is 1.60. The fraction of sp³-hybridized carbons (Fsp3) is 0.882. The first kappa shape index (κ1) is 19.9. The van der Waals surface area contributed by atoms with Gasteiger partial charge in [0.2, 0.25) is 6.10 Å². The van der Waals surface area contributed by atoms with Crippen molar-refractivity contribution in [3.8, 4) is 0 Å². The number of halogens is 1. The van der Waals surface area contributed by atoms with Crippen LogP contribution in [0.5, 0.6) is 0 Å². The van der Waals surface area contributed by atoms with E-state index in [2.05, 4.69) is 17.4 Å². The number of esters is 1. The van der Waals surface area contributed by atoms with Crippen LogP contribution in [-0.4, -0.2) is 40.3 Å². The Morgan fingerprint density at radius 3 is 2.00 bits per heavy atom. The lowest BCUT2D eigenvalue weighted by molar-refractivity contribution is -0.164. The van der Waals surface area contributed by atoms with E-state index >= 15 is 0 Å². The van der Waals surface area contributed by atoms with Crippen LogP contribution in [0.3, 0.4) is 0 Å². The van der Waals surface area contributed by atoms with Gasteiger partial charge in [-0.2, -0.15) is 12.6 Å². The zero-order valence-electron chi connectivity index (χ0n) is 14.1. The van der Waals surface area contributed by atoms with Crippen LogP contribution in [0, 0.1) is 23.7 Å². The maximum atomic E-state index is 11.1. The highest BCUT2D eigenvalue weighted by Crippen LogP contribution is 2.54. The number of ether oxygens (including phenoxy) is 1. The first-order chi connectivity index (χ1) is 11.3. The summed E-state index contributed by atoms with van der Waals surface area (Å²) in [6, 6.07) is 0. The van der Waals surface area contributed by atoms with Crippen LogP contribution in [0.25, 0.3) is 0 Å². The second-order valence-corrected chi connectivity index (χ2v) is 8.46. The molecule has 0 amide bonds. The summed E-state index contributed by atoms with van der Waals surface area (Å²) in [6.07, 6.45) is 7.30. The minimum Gasteiger partial charge on any atom is -0.478 e. The average molecular weight is 378 g/mol. The summed E-state index contributed by atoms with van der Waals surface area (Å²) >= 11 is 9.15. The van der Waals surface area contributed by atoms with Gasteiger partial charge < -0.3 is 15.6 Å². The fourth-order valence-corrected chi connectivity index (χ4v) is 5.00. The number of carbonyl (C=O) groups excluding carboxylic acids is 1. The minimum absolute atomic E-state index is 0.250. The van der Waals surface area contributed by atoms with Crippen LogP contribution in [-0.2, 0) is 14.3 Å². The monoisotopic (exact) mass is 377 g/mol. The number of rotatable bonds is 5. The largest absolute Gasteiger partial charge is 0.478 e. The van der Waals surface area contributed by atoms with Gasteiger partial charge in [-0.05, 0) is 56.3 Å². The molecule has 2 atom stereocenters. The number of carbonyl (C=O) groups is 2. The highest BCUT2D eigenvalue weighted by molar-refractivity contribution is 7.80. The molecule has 4 aliphatic carbocycles. The molecule has 7 heteroatoms. The summed E-state index contributed by atoms with van der Waals surface area (Å²) in [5.74, 6) is 0.864. The molecule has 138 valence electrons. The molecule has 0 spiro atoms. The molecule has 24 heavy (non-hydrogen) atoms. The topological polar surface area (TPSA) is 89.6 Å². The SMILES string of the molecule is C[C@@H](CS)C(=O)OC(CCl)C(=O)O.NC12CC3CC(CC(C3)C1)C2. The van der Waals surface area contributed by atoms with E-state index in [0.717, 1.165) is 17.8 Å². The Morgan fingerprint density at radius 2 is 1.71 bits per heavy atom. The maximum absolute atomic E-state index is 11.1. The van der Waals surface area contributed by atoms with Gasteiger partial charge in [-0.25, -0.2) is 4.79 Å². The predicted octanol–water partition coefficient (Wildman–Crippen LogP) is 2.70. The van der Waals surface area contributed by atoms with E-state index in [9.17, 15) is 9.59 Å². The first-order valence-electron chi connectivity index (χ1n) is 8.65. The number of carboxylic acids is 1. The van der Waals surface area contributed by atoms with Crippen LogP contribution in [0.4, 0.5) is 0 Å². The van der Waals surface area contributed by atoms with Crippen molar-refractivity contribution in [2.45, 2.75) is 57.1 Å². The van der Waals surface area contributed by atoms with Gasteiger partial charge in [-0.1, -0.05) is 6.92 Å². The summed E-state index contributed by atoms with van der Waals surface area (Å²) < 4.78 is 4.59. The molecular weight excluding hydrogens is 350 g/mol. The Bertz CT molecular complexity index is 438. The highest BCUT2D eigenvalue weighted by Gasteiger charge is 2.48. The standard InChI is InChI=1S/C10H17N.C7H11ClO4S/c11-10-4-7-1-8(5-10)3-9(2-7)6-10;1-4(3-13)7(11)12-5(2-8)6(9)10/h7-9H,1-6,11H2;4-5,13H,2-3H2,1H3,(H,9,10)/t;4-,5?/m.0/s1. The Balaban J connectivity index is 0.000000174. The smallest absolute Gasteiger partial charge is 0.346 e. The molecule has 0 aliphatic heterocycles. The van der Waals surface area contributed by atoms with E-state index in [0.29, 0.717) is 11.3 Å². The van der Waals surface area contributed by atoms with Crippen LogP contribution in [0.1, 0.15) is 45.4 Å². The average Bonchev–Trinajstić information content (AvgIpc) is 2.49. The van der Waals surface area contributed by atoms with Gasteiger partial charge in [0.25, 0.3) is 0 Å². The van der Waals surface area contributed by atoms with Gasteiger partial charge in [0.1, 0.15) is 0 Å². The molecule has 4 aliphatic rings. The van der Waals surface area contributed by atoms with E-state index in [-0.39, 0.29) is 5.88 Å². The van der Waals surface area contributed by atoms with Crippen molar-refractivity contribution < 1.29 is 19.4 Å². The quantitative estimate of drug-likeness (QED) is 0.389. The third-order valence-corrected chi connectivity index (χ3v) is 6.26. The van der Waals surface area contributed by atoms with Crippen molar-refractivity contribution >= 4 is 36.2 Å². The van der Waals surface area contributed by atoms with Crippen molar-refractivity contribution in [1.29, 1.82) is 0 Å². The summed E-state index contributed by atoms with van der Waals surface area (Å²) in [4.78, 5) is 21.5. The van der Waals surface area contributed by atoms with Gasteiger partial charge in [-0.15, -0.1) is 11.6 Å². The minimum atomic E-state index is -1.27. The van der Waals surface area contributed by atoms with E-state index in [1.807, 2.05) is 0 Å². The summed E-state index contributed by atoms with van der Waals surface area (Å²) in [7, 11) is 0. The van der Waals surface area contributed by atoms with E-state index in [4.69, 9.17) is 22.4 Å². The predicted molar refractivity (Wildman–Crippen MR) is 96.3 cm³/mol. The van der Waals surface area contributed by atoms with Crippen molar-refractivity contribution in [2.75, 3.05) is 11.6 Å². The number of carboxylic acid groups (broad SMARTS) is 1. The second-order valence-electron chi connectivity index (χ2n) is 7.78. The molecule has 4 rings (SSSR count). The van der Waals surface area contributed by atoms with Crippen molar-refractivity contribution in [1.82, 2.24) is 0 Å². The molecule has 0 saturated heterocycles. The Morgan fingerprint density at radius 1 is 1.25 bits per heavy atom. The third kappa shape index (κ3) is 5.02. The molecule has 1 unspecified atom stereocenters. The van der Waals surface area contributed by atoms with Crippen LogP contribution >= 0.6 is 24.2 Å². The normalized spacial score (nSPS) is 35.6. The lowest BCUT2D eigenvalue weighted by Crippen LogP contribution is -2.55. The molecule has 4 saturated carbocycles. The second kappa shape index (κ2) is 8.28. The zero-order chi connectivity index (χ0) is 17.9.